The summed E-state index contributed by atoms with van der Waals surface area (Å²) in [5, 5.41) is 16.1. The van der Waals surface area contributed by atoms with Crippen LogP contribution in [0.1, 0.15) is 18.2 Å². The molecule has 0 saturated carbocycles. The predicted octanol–water partition coefficient (Wildman–Crippen LogP) is 2.74. The van der Waals surface area contributed by atoms with Gasteiger partial charge in [0.15, 0.2) is 5.75 Å². The maximum atomic E-state index is 11.1. The summed E-state index contributed by atoms with van der Waals surface area (Å²) in [5.41, 5.74) is 3.31. The fourth-order valence-electron chi connectivity index (χ4n) is 1.67. The van der Waals surface area contributed by atoms with Crippen molar-refractivity contribution in [1.29, 1.82) is 0 Å². The molecule has 1 heterocycles. The standard InChI is InChI=1S/C13H15N3O3S/c1-2-14-6-10-3-4-13(12(5-10)16(17)18)19-7-11-8-20-9-15-11/h3-5,8-9,14H,2,6-7H2,1H3. The molecule has 1 aromatic carbocycles. The minimum Gasteiger partial charge on any atom is -0.480 e. The quantitative estimate of drug-likeness (QED) is 0.627. The molecule has 7 heteroatoms. The largest absolute Gasteiger partial charge is 0.480 e. The van der Waals surface area contributed by atoms with Crippen molar-refractivity contribution in [3.05, 3.63) is 50.5 Å². The zero-order valence-electron chi connectivity index (χ0n) is 11.0. The fraction of sp³-hybridized carbons (Fsp3) is 0.308. The lowest BCUT2D eigenvalue weighted by Gasteiger charge is -2.07. The van der Waals surface area contributed by atoms with Gasteiger partial charge < -0.3 is 10.1 Å². The molecule has 1 aromatic heterocycles. The van der Waals surface area contributed by atoms with Gasteiger partial charge in [-0.25, -0.2) is 4.98 Å². The zero-order chi connectivity index (χ0) is 14.4. The van der Waals surface area contributed by atoms with Crippen LogP contribution in [0.5, 0.6) is 5.75 Å². The minimum atomic E-state index is -0.425. The van der Waals surface area contributed by atoms with Crippen molar-refractivity contribution in [1.82, 2.24) is 10.3 Å². The number of nitrogens with zero attached hydrogens (tertiary/aromatic N) is 2. The Labute approximate surface area is 120 Å². The van der Waals surface area contributed by atoms with E-state index in [4.69, 9.17) is 4.74 Å². The third-order valence-corrected chi connectivity index (χ3v) is 3.29. The van der Waals surface area contributed by atoms with Gasteiger partial charge in [0.2, 0.25) is 0 Å². The number of nitrogens with one attached hydrogen (secondary N) is 1. The average Bonchev–Trinajstić information content (AvgIpc) is 2.96. The predicted molar refractivity (Wildman–Crippen MR) is 76.9 cm³/mol. The Morgan fingerprint density at radius 2 is 2.35 bits per heavy atom. The number of hydrogen-bond donors (Lipinski definition) is 1. The van der Waals surface area contributed by atoms with Crippen LogP contribution < -0.4 is 10.1 Å². The van der Waals surface area contributed by atoms with Crippen molar-refractivity contribution < 1.29 is 9.66 Å². The molecule has 0 aliphatic rings. The first-order valence-electron chi connectivity index (χ1n) is 6.18. The first kappa shape index (κ1) is 14.4. The van der Waals surface area contributed by atoms with E-state index in [1.807, 2.05) is 18.4 Å². The average molecular weight is 293 g/mol. The molecule has 0 aliphatic carbocycles. The summed E-state index contributed by atoms with van der Waals surface area (Å²) in [5.74, 6) is 0.267. The first-order valence-corrected chi connectivity index (χ1v) is 7.13. The second-order valence-corrected chi connectivity index (χ2v) is 4.83. The Morgan fingerprint density at radius 3 is 3.00 bits per heavy atom. The molecule has 0 unspecified atom stereocenters. The Bertz CT molecular complexity index is 572. The van der Waals surface area contributed by atoms with Crippen LogP contribution in [0.3, 0.4) is 0 Å². The molecular weight excluding hydrogens is 278 g/mol. The van der Waals surface area contributed by atoms with E-state index in [9.17, 15) is 10.1 Å². The van der Waals surface area contributed by atoms with Gasteiger partial charge in [-0.1, -0.05) is 13.0 Å². The van der Waals surface area contributed by atoms with E-state index < -0.39 is 4.92 Å². The maximum Gasteiger partial charge on any atom is 0.311 e. The highest BCUT2D eigenvalue weighted by molar-refractivity contribution is 7.07. The van der Waals surface area contributed by atoms with Crippen LogP contribution in [0, 0.1) is 10.1 Å². The highest BCUT2D eigenvalue weighted by atomic mass is 32.1. The summed E-state index contributed by atoms with van der Waals surface area (Å²) in [6, 6.07) is 5.00. The molecule has 106 valence electrons. The molecule has 0 radical (unpaired) electrons. The molecule has 20 heavy (non-hydrogen) atoms. The van der Waals surface area contributed by atoms with Crippen molar-refractivity contribution in [2.75, 3.05) is 6.54 Å². The smallest absolute Gasteiger partial charge is 0.311 e. The van der Waals surface area contributed by atoms with Crippen molar-refractivity contribution in [2.45, 2.75) is 20.1 Å². The van der Waals surface area contributed by atoms with Crippen LogP contribution >= 0.6 is 11.3 Å². The van der Waals surface area contributed by atoms with Crippen LogP contribution in [0.4, 0.5) is 5.69 Å². The fourth-order valence-corrected chi connectivity index (χ4v) is 2.21. The number of nitro groups is 1. The molecule has 2 rings (SSSR count). The van der Waals surface area contributed by atoms with Crippen molar-refractivity contribution in [3.63, 3.8) is 0 Å². The Balaban J connectivity index is 2.12. The van der Waals surface area contributed by atoms with Gasteiger partial charge in [0.25, 0.3) is 0 Å². The third kappa shape index (κ3) is 3.75. The van der Waals surface area contributed by atoms with Crippen LogP contribution in [-0.4, -0.2) is 16.5 Å². The molecule has 0 bridgehead atoms. The number of hydrogen-bond acceptors (Lipinski definition) is 6. The van der Waals surface area contributed by atoms with Gasteiger partial charge in [-0.05, 0) is 18.2 Å². The van der Waals surface area contributed by atoms with Gasteiger partial charge >= 0.3 is 5.69 Å². The molecule has 0 atom stereocenters. The highest BCUT2D eigenvalue weighted by Crippen LogP contribution is 2.28. The Hall–Kier alpha value is -1.99. The monoisotopic (exact) mass is 293 g/mol. The molecule has 0 saturated heterocycles. The van der Waals surface area contributed by atoms with Crippen LogP contribution in [0.25, 0.3) is 0 Å². The van der Waals surface area contributed by atoms with E-state index in [1.165, 1.54) is 11.3 Å². The number of nitro benzene ring substituents is 1. The highest BCUT2D eigenvalue weighted by Gasteiger charge is 2.16. The van der Waals surface area contributed by atoms with Crippen molar-refractivity contribution in [2.24, 2.45) is 0 Å². The lowest BCUT2D eigenvalue weighted by Crippen LogP contribution is -2.12. The molecule has 0 spiro atoms. The van der Waals surface area contributed by atoms with Gasteiger partial charge in [0.05, 0.1) is 16.1 Å². The number of ether oxygens (including phenoxy) is 1. The maximum absolute atomic E-state index is 11.1. The molecule has 6 nitrogen and oxygen atoms in total. The first-order chi connectivity index (χ1) is 9.70. The van der Waals surface area contributed by atoms with Crippen LogP contribution in [0.15, 0.2) is 29.1 Å². The van der Waals surface area contributed by atoms with Crippen LogP contribution in [-0.2, 0) is 13.2 Å². The molecule has 0 fully saturated rings. The summed E-state index contributed by atoms with van der Waals surface area (Å²) < 4.78 is 5.48. The number of benzene rings is 1. The van der Waals surface area contributed by atoms with E-state index in [0.29, 0.717) is 6.54 Å². The minimum absolute atomic E-state index is 0.0179. The van der Waals surface area contributed by atoms with E-state index >= 15 is 0 Å². The van der Waals surface area contributed by atoms with E-state index in [2.05, 4.69) is 10.3 Å². The summed E-state index contributed by atoms with van der Waals surface area (Å²) >= 11 is 1.46. The van der Waals surface area contributed by atoms with E-state index in [-0.39, 0.29) is 18.0 Å². The van der Waals surface area contributed by atoms with Crippen molar-refractivity contribution in [3.8, 4) is 5.75 Å². The summed E-state index contributed by atoms with van der Waals surface area (Å²) in [7, 11) is 0. The molecule has 1 N–H and O–H groups in total. The van der Waals surface area contributed by atoms with Gasteiger partial charge in [0.1, 0.15) is 6.61 Å². The molecule has 0 amide bonds. The van der Waals surface area contributed by atoms with Gasteiger partial charge in [0, 0.05) is 18.0 Å². The SMILES string of the molecule is CCNCc1ccc(OCc2cscn2)c([N+](=O)[O-])c1. The molecule has 2 aromatic rings. The lowest BCUT2D eigenvalue weighted by molar-refractivity contribution is -0.386. The van der Waals surface area contributed by atoms with Crippen molar-refractivity contribution >= 4 is 17.0 Å². The number of aromatic nitrogens is 1. The van der Waals surface area contributed by atoms with E-state index in [0.717, 1.165) is 17.8 Å². The Kier molecular flexibility index (Phi) is 5.03. The summed E-state index contributed by atoms with van der Waals surface area (Å²) in [6.07, 6.45) is 0. The molecule has 0 aliphatic heterocycles. The topological polar surface area (TPSA) is 77.3 Å². The van der Waals surface area contributed by atoms with Gasteiger partial charge in [-0.15, -0.1) is 11.3 Å². The second kappa shape index (κ2) is 6.97. The van der Waals surface area contributed by atoms with Gasteiger partial charge in [-0.3, -0.25) is 10.1 Å². The van der Waals surface area contributed by atoms with E-state index in [1.54, 1.807) is 17.6 Å². The number of rotatable bonds is 7. The lowest BCUT2D eigenvalue weighted by atomic mass is 10.2. The van der Waals surface area contributed by atoms with Crippen LogP contribution in [0.2, 0.25) is 0 Å². The molecular formula is C13H15N3O3S. The van der Waals surface area contributed by atoms with Gasteiger partial charge in [-0.2, -0.15) is 0 Å². The number of thiazole rings is 1. The summed E-state index contributed by atoms with van der Waals surface area (Å²) in [6.45, 7) is 3.64. The third-order valence-electron chi connectivity index (χ3n) is 2.66. The normalized spacial score (nSPS) is 10.4. The summed E-state index contributed by atoms with van der Waals surface area (Å²) in [4.78, 5) is 14.8. The zero-order valence-corrected chi connectivity index (χ0v) is 11.9. The Morgan fingerprint density at radius 1 is 1.50 bits per heavy atom. The second-order valence-electron chi connectivity index (χ2n) is 4.11.